The Morgan fingerprint density at radius 3 is 2.33 bits per heavy atom. The molecule has 39 heavy (non-hydrogen) atoms. The van der Waals surface area contributed by atoms with Gasteiger partial charge in [-0.25, -0.2) is 9.69 Å². The van der Waals surface area contributed by atoms with Gasteiger partial charge in [-0.2, -0.15) is 0 Å². The number of hydrogen-bond donors (Lipinski definition) is 1. The van der Waals surface area contributed by atoms with Gasteiger partial charge in [0.2, 0.25) is 0 Å². The molecule has 1 saturated heterocycles. The summed E-state index contributed by atoms with van der Waals surface area (Å²) in [6.45, 7) is 0.0864. The third kappa shape index (κ3) is 5.03. The van der Waals surface area contributed by atoms with E-state index in [9.17, 15) is 24.5 Å². The summed E-state index contributed by atoms with van der Waals surface area (Å²) in [5.74, 6) is -0.693. The maximum atomic E-state index is 13.5. The summed E-state index contributed by atoms with van der Waals surface area (Å²) in [5.41, 5.74) is 1.14. The summed E-state index contributed by atoms with van der Waals surface area (Å²) in [5, 5.41) is 14.7. The second-order valence-electron chi connectivity index (χ2n) is 8.57. The first kappa shape index (κ1) is 25.2. The number of benzene rings is 4. The van der Waals surface area contributed by atoms with Gasteiger partial charge in [-0.05, 0) is 64.9 Å². The number of imide groups is 2. The van der Waals surface area contributed by atoms with E-state index < -0.39 is 22.8 Å². The SMILES string of the molecule is COc1ccc(N2C(=O)NC(=O)/C(=C\c3c(OCc4ccc([N+](=O)[O-])cc4)ccc4ccccc34)C2=O)cc1. The molecule has 4 aromatic carbocycles. The van der Waals surface area contributed by atoms with E-state index >= 15 is 0 Å². The minimum Gasteiger partial charge on any atom is -0.497 e. The highest BCUT2D eigenvalue weighted by Gasteiger charge is 2.37. The van der Waals surface area contributed by atoms with Crippen LogP contribution in [0, 0.1) is 10.1 Å². The lowest BCUT2D eigenvalue weighted by Crippen LogP contribution is -2.54. The number of nitrogens with one attached hydrogen (secondary N) is 1. The number of nitro groups is 1. The average Bonchev–Trinajstić information content (AvgIpc) is 2.95. The second-order valence-corrected chi connectivity index (χ2v) is 8.57. The van der Waals surface area contributed by atoms with Gasteiger partial charge in [-0.15, -0.1) is 0 Å². The lowest BCUT2D eigenvalue weighted by Gasteiger charge is -2.26. The summed E-state index contributed by atoms with van der Waals surface area (Å²) >= 11 is 0. The Labute approximate surface area is 222 Å². The zero-order valence-electron chi connectivity index (χ0n) is 20.6. The Bertz CT molecular complexity index is 1640. The molecule has 0 atom stereocenters. The molecule has 1 aliphatic rings. The largest absolute Gasteiger partial charge is 0.497 e. The van der Waals surface area contributed by atoms with Crippen LogP contribution in [0.5, 0.6) is 11.5 Å². The van der Waals surface area contributed by atoms with Gasteiger partial charge in [0, 0.05) is 17.7 Å². The molecule has 0 unspecified atom stereocenters. The van der Waals surface area contributed by atoms with Crippen molar-refractivity contribution in [2.75, 3.05) is 12.0 Å². The molecule has 10 heteroatoms. The van der Waals surface area contributed by atoms with Crippen molar-refractivity contribution in [3.63, 3.8) is 0 Å². The van der Waals surface area contributed by atoms with Gasteiger partial charge < -0.3 is 9.47 Å². The number of fused-ring (bicyclic) bond motifs is 1. The van der Waals surface area contributed by atoms with Gasteiger partial charge >= 0.3 is 6.03 Å². The van der Waals surface area contributed by atoms with Crippen LogP contribution in [0.15, 0.2) is 90.5 Å². The van der Waals surface area contributed by atoms with E-state index in [0.29, 0.717) is 22.6 Å². The van der Waals surface area contributed by atoms with Crippen LogP contribution in [0.25, 0.3) is 16.8 Å². The number of amides is 4. The molecule has 0 bridgehead atoms. The molecular formula is C29H21N3O7. The number of nitrogens with zero attached hydrogens (tertiary/aromatic N) is 2. The number of carbonyl (C=O) groups excluding carboxylic acids is 3. The monoisotopic (exact) mass is 523 g/mol. The molecular weight excluding hydrogens is 502 g/mol. The summed E-state index contributed by atoms with van der Waals surface area (Å²) in [7, 11) is 1.50. The van der Waals surface area contributed by atoms with Crippen LogP contribution in [0.4, 0.5) is 16.2 Å². The number of carbonyl (C=O) groups is 3. The van der Waals surface area contributed by atoms with Crippen molar-refractivity contribution >= 4 is 46.1 Å². The Hall–Kier alpha value is -5.51. The normalized spacial score (nSPS) is 14.4. The molecule has 4 amide bonds. The molecule has 0 spiro atoms. The first-order valence-electron chi connectivity index (χ1n) is 11.8. The van der Waals surface area contributed by atoms with Crippen molar-refractivity contribution in [1.29, 1.82) is 0 Å². The van der Waals surface area contributed by atoms with E-state index in [1.807, 2.05) is 30.3 Å². The van der Waals surface area contributed by atoms with Crippen molar-refractivity contribution in [3.05, 3.63) is 112 Å². The van der Waals surface area contributed by atoms with Crippen molar-refractivity contribution < 1.29 is 28.8 Å². The Morgan fingerprint density at radius 2 is 1.64 bits per heavy atom. The molecule has 1 N–H and O–H groups in total. The predicted molar refractivity (Wildman–Crippen MR) is 143 cm³/mol. The molecule has 194 valence electrons. The molecule has 0 radical (unpaired) electrons. The van der Waals surface area contributed by atoms with Crippen LogP contribution >= 0.6 is 0 Å². The highest BCUT2D eigenvalue weighted by atomic mass is 16.6. The second kappa shape index (κ2) is 10.5. The van der Waals surface area contributed by atoms with E-state index in [2.05, 4.69) is 5.32 Å². The van der Waals surface area contributed by atoms with Gasteiger partial charge in [0.05, 0.1) is 17.7 Å². The fourth-order valence-corrected chi connectivity index (χ4v) is 4.19. The van der Waals surface area contributed by atoms with Gasteiger partial charge in [0.1, 0.15) is 23.7 Å². The lowest BCUT2D eigenvalue weighted by atomic mass is 9.99. The topological polar surface area (TPSA) is 128 Å². The number of hydrogen-bond acceptors (Lipinski definition) is 7. The minimum absolute atomic E-state index is 0.0346. The highest BCUT2D eigenvalue weighted by molar-refractivity contribution is 6.39. The molecule has 1 fully saturated rings. The zero-order chi connectivity index (χ0) is 27.5. The summed E-state index contributed by atoms with van der Waals surface area (Å²) in [6, 6.07) is 22.3. The van der Waals surface area contributed by atoms with Crippen LogP contribution in [0.1, 0.15) is 11.1 Å². The van der Waals surface area contributed by atoms with Crippen LogP contribution in [0.3, 0.4) is 0 Å². The van der Waals surface area contributed by atoms with E-state index in [4.69, 9.17) is 9.47 Å². The van der Waals surface area contributed by atoms with Crippen molar-refractivity contribution in [2.24, 2.45) is 0 Å². The minimum atomic E-state index is -0.861. The first-order chi connectivity index (χ1) is 18.9. The quantitative estimate of drug-likeness (QED) is 0.156. The number of barbiturate groups is 1. The Kier molecular flexibility index (Phi) is 6.75. The van der Waals surface area contributed by atoms with Crippen molar-refractivity contribution in [1.82, 2.24) is 5.32 Å². The molecule has 0 saturated carbocycles. The molecule has 5 rings (SSSR count). The zero-order valence-corrected chi connectivity index (χ0v) is 20.6. The maximum absolute atomic E-state index is 13.5. The fourth-order valence-electron chi connectivity index (χ4n) is 4.19. The van der Waals surface area contributed by atoms with Gasteiger partial charge in [-0.1, -0.05) is 30.3 Å². The van der Waals surface area contributed by atoms with Crippen molar-refractivity contribution in [3.8, 4) is 11.5 Å². The van der Waals surface area contributed by atoms with Gasteiger partial charge in [0.25, 0.3) is 17.5 Å². The van der Waals surface area contributed by atoms with Gasteiger partial charge in [-0.3, -0.25) is 25.0 Å². The van der Waals surface area contributed by atoms with E-state index in [0.717, 1.165) is 15.7 Å². The first-order valence-corrected chi connectivity index (χ1v) is 11.8. The number of nitro benzene ring substituents is 1. The highest BCUT2D eigenvalue weighted by Crippen LogP contribution is 2.32. The molecule has 0 aliphatic carbocycles. The van der Waals surface area contributed by atoms with Crippen LogP contribution in [-0.4, -0.2) is 29.9 Å². The summed E-state index contributed by atoms with van der Waals surface area (Å²) in [6.07, 6.45) is 1.41. The smallest absolute Gasteiger partial charge is 0.335 e. The van der Waals surface area contributed by atoms with E-state index in [-0.39, 0.29) is 23.6 Å². The number of methoxy groups -OCH3 is 1. The van der Waals surface area contributed by atoms with Crippen LogP contribution in [0.2, 0.25) is 0 Å². The van der Waals surface area contributed by atoms with Crippen LogP contribution < -0.4 is 19.7 Å². The number of rotatable bonds is 7. The van der Waals surface area contributed by atoms with E-state index in [1.54, 1.807) is 42.5 Å². The third-order valence-corrected chi connectivity index (χ3v) is 6.19. The number of ether oxygens (including phenoxy) is 2. The number of non-ortho nitro benzene ring substituents is 1. The standard InChI is InChI=1S/C29H21N3O7/c1-38-22-13-11-20(12-14-22)31-28(34)25(27(33)30-29(31)35)16-24-23-5-3-2-4-19(23)8-15-26(24)39-17-18-6-9-21(10-7-18)32(36)37/h2-16H,17H2,1H3,(H,30,33,35)/b25-16+. The van der Waals surface area contributed by atoms with Crippen molar-refractivity contribution in [2.45, 2.75) is 6.61 Å². The van der Waals surface area contributed by atoms with E-state index in [1.165, 1.54) is 25.3 Å². The van der Waals surface area contributed by atoms with Crippen LogP contribution in [-0.2, 0) is 16.2 Å². The predicted octanol–water partition coefficient (Wildman–Crippen LogP) is 5.00. The Balaban J connectivity index is 1.53. The molecule has 10 nitrogen and oxygen atoms in total. The third-order valence-electron chi connectivity index (χ3n) is 6.19. The maximum Gasteiger partial charge on any atom is 0.335 e. The molecule has 0 aromatic heterocycles. The molecule has 4 aromatic rings. The number of urea groups is 1. The lowest BCUT2D eigenvalue weighted by molar-refractivity contribution is -0.384. The molecule has 1 heterocycles. The average molecular weight is 524 g/mol. The Morgan fingerprint density at radius 1 is 0.923 bits per heavy atom. The summed E-state index contributed by atoms with van der Waals surface area (Å²) in [4.78, 5) is 50.3. The summed E-state index contributed by atoms with van der Waals surface area (Å²) < 4.78 is 11.2. The molecule has 1 aliphatic heterocycles. The van der Waals surface area contributed by atoms with Gasteiger partial charge in [0.15, 0.2) is 0 Å². The number of anilines is 1. The fraction of sp³-hybridized carbons (Fsp3) is 0.0690.